The lowest BCUT2D eigenvalue weighted by atomic mass is 10.00. The highest BCUT2D eigenvalue weighted by Crippen LogP contribution is 2.22. The first-order valence-corrected chi connectivity index (χ1v) is 7.69. The average Bonchev–Trinajstić information content (AvgIpc) is 2.39. The van der Waals surface area contributed by atoms with E-state index in [2.05, 4.69) is 36.9 Å². The molecule has 112 valence electrons. The number of nitrogens with zero attached hydrogens (tertiary/aromatic N) is 1. The van der Waals surface area contributed by atoms with Crippen LogP contribution in [-0.4, -0.2) is 42.4 Å². The molecule has 2 unspecified atom stereocenters. The van der Waals surface area contributed by atoms with Crippen molar-refractivity contribution in [1.29, 1.82) is 0 Å². The van der Waals surface area contributed by atoms with Gasteiger partial charge >= 0.3 is 0 Å². The first kappa shape index (κ1) is 15.5. The maximum atomic E-state index is 10.5. The second kappa shape index (κ2) is 7.21. The first-order valence-electron chi connectivity index (χ1n) is 7.69. The Morgan fingerprint density at radius 3 is 2.90 bits per heavy atom. The first-order chi connectivity index (χ1) is 9.60. The number of rotatable bonds is 5. The van der Waals surface area contributed by atoms with Crippen molar-refractivity contribution in [3.63, 3.8) is 0 Å². The molecular formula is C17H27NO2. The van der Waals surface area contributed by atoms with E-state index in [9.17, 15) is 5.11 Å². The fourth-order valence-electron chi connectivity index (χ4n) is 3.09. The maximum Gasteiger partial charge on any atom is 0.0919 e. The van der Waals surface area contributed by atoms with Crippen LogP contribution < -0.4 is 0 Å². The van der Waals surface area contributed by atoms with Crippen LogP contribution in [-0.2, 0) is 4.74 Å². The van der Waals surface area contributed by atoms with Gasteiger partial charge in [0.1, 0.15) is 0 Å². The molecule has 3 nitrogen and oxygen atoms in total. The van der Waals surface area contributed by atoms with Gasteiger partial charge in [0.15, 0.2) is 0 Å². The summed E-state index contributed by atoms with van der Waals surface area (Å²) in [6.45, 7) is 9.68. The van der Waals surface area contributed by atoms with Crippen LogP contribution in [0.25, 0.3) is 0 Å². The Labute approximate surface area is 122 Å². The molecule has 20 heavy (non-hydrogen) atoms. The van der Waals surface area contributed by atoms with Gasteiger partial charge in [-0.1, -0.05) is 23.8 Å². The highest BCUT2D eigenvalue weighted by Gasteiger charge is 2.22. The van der Waals surface area contributed by atoms with E-state index in [0.29, 0.717) is 12.6 Å². The Balaban J connectivity index is 1.95. The molecule has 1 heterocycles. The van der Waals surface area contributed by atoms with Crippen LogP contribution >= 0.6 is 0 Å². The van der Waals surface area contributed by atoms with Crippen LogP contribution in [0.15, 0.2) is 18.2 Å². The smallest absolute Gasteiger partial charge is 0.0919 e. The molecule has 0 saturated carbocycles. The van der Waals surface area contributed by atoms with Crippen molar-refractivity contribution < 1.29 is 9.84 Å². The molecule has 0 aliphatic carbocycles. The SMILES string of the molecule is CCOC1CCCN(CC(O)c2ccc(C)cc2C)C1. The van der Waals surface area contributed by atoms with Crippen molar-refractivity contribution in [2.75, 3.05) is 26.2 Å². The molecule has 1 fully saturated rings. The van der Waals surface area contributed by atoms with Gasteiger partial charge < -0.3 is 9.84 Å². The Morgan fingerprint density at radius 1 is 1.40 bits per heavy atom. The highest BCUT2D eigenvalue weighted by atomic mass is 16.5. The molecule has 1 aliphatic heterocycles. The monoisotopic (exact) mass is 277 g/mol. The number of benzene rings is 1. The quantitative estimate of drug-likeness (QED) is 0.898. The molecular weight excluding hydrogens is 250 g/mol. The van der Waals surface area contributed by atoms with E-state index in [0.717, 1.165) is 38.1 Å². The van der Waals surface area contributed by atoms with Gasteiger partial charge in [-0.15, -0.1) is 0 Å². The lowest BCUT2D eigenvalue weighted by Gasteiger charge is -2.33. The summed E-state index contributed by atoms with van der Waals surface area (Å²) < 4.78 is 5.72. The third-order valence-electron chi connectivity index (χ3n) is 4.08. The molecule has 1 N–H and O–H groups in total. The molecule has 0 spiro atoms. The second-order valence-electron chi connectivity index (χ2n) is 5.85. The largest absolute Gasteiger partial charge is 0.387 e. The van der Waals surface area contributed by atoms with E-state index in [-0.39, 0.29) is 0 Å². The van der Waals surface area contributed by atoms with Crippen LogP contribution in [0.4, 0.5) is 0 Å². The van der Waals surface area contributed by atoms with E-state index in [1.54, 1.807) is 0 Å². The lowest BCUT2D eigenvalue weighted by molar-refractivity contribution is -0.00711. The molecule has 0 amide bonds. The number of aliphatic hydroxyl groups excluding tert-OH is 1. The summed E-state index contributed by atoms with van der Waals surface area (Å²) >= 11 is 0. The second-order valence-corrected chi connectivity index (χ2v) is 5.85. The molecule has 0 aromatic heterocycles. The zero-order chi connectivity index (χ0) is 14.5. The van der Waals surface area contributed by atoms with Crippen LogP contribution in [0.2, 0.25) is 0 Å². The Hall–Kier alpha value is -0.900. The molecule has 1 saturated heterocycles. The Bertz CT molecular complexity index is 431. The number of piperidine rings is 1. The zero-order valence-corrected chi connectivity index (χ0v) is 12.9. The summed E-state index contributed by atoms with van der Waals surface area (Å²) in [6.07, 6.45) is 2.23. The van der Waals surface area contributed by atoms with Crippen molar-refractivity contribution in [3.05, 3.63) is 34.9 Å². The molecule has 1 aliphatic rings. The van der Waals surface area contributed by atoms with Gasteiger partial charge in [-0.3, -0.25) is 4.90 Å². The van der Waals surface area contributed by atoms with Gasteiger partial charge in [0.2, 0.25) is 0 Å². The van der Waals surface area contributed by atoms with Crippen molar-refractivity contribution >= 4 is 0 Å². The summed E-state index contributed by atoms with van der Waals surface area (Å²) in [6, 6.07) is 6.27. The molecule has 3 heteroatoms. The van der Waals surface area contributed by atoms with E-state index in [1.165, 1.54) is 11.1 Å². The van der Waals surface area contributed by atoms with Gasteiger partial charge in [-0.2, -0.15) is 0 Å². The maximum absolute atomic E-state index is 10.5. The minimum Gasteiger partial charge on any atom is -0.387 e. The number of aliphatic hydroxyl groups is 1. The minimum absolute atomic E-state index is 0.333. The van der Waals surface area contributed by atoms with Gasteiger partial charge in [0, 0.05) is 19.7 Å². The Kier molecular flexibility index (Phi) is 5.58. The van der Waals surface area contributed by atoms with E-state index >= 15 is 0 Å². The predicted molar refractivity (Wildman–Crippen MR) is 82.0 cm³/mol. The fourth-order valence-corrected chi connectivity index (χ4v) is 3.09. The van der Waals surface area contributed by atoms with Crippen LogP contribution in [0, 0.1) is 13.8 Å². The van der Waals surface area contributed by atoms with Gasteiger partial charge in [-0.25, -0.2) is 0 Å². The molecule has 2 rings (SSSR count). The normalized spacial score (nSPS) is 21.9. The summed E-state index contributed by atoms with van der Waals surface area (Å²) in [7, 11) is 0. The molecule has 0 radical (unpaired) electrons. The van der Waals surface area contributed by atoms with Crippen LogP contribution in [0.5, 0.6) is 0 Å². The van der Waals surface area contributed by atoms with Crippen LogP contribution in [0.1, 0.15) is 42.6 Å². The van der Waals surface area contributed by atoms with Crippen LogP contribution in [0.3, 0.4) is 0 Å². The third-order valence-corrected chi connectivity index (χ3v) is 4.08. The topological polar surface area (TPSA) is 32.7 Å². The molecule has 0 bridgehead atoms. The number of β-amino-alcohol motifs (C(OH)–C–C–N with tert-alkyl or cyclic N) is 1. The van der Waals surface area contributed by atoms with Crippen molar-refractivity contribution in [1.82, 2.24) is 4.90 Å². The zero-order valence-electron chi connectivity index (χ0n) is 12.9. The number of aryl methyl sites for hydroxylation is 2. The minimum atomic E-state index is -0.407. The van der Waals surface area contributed by atoms with Crippen molar-refractivity contribution in [2.24, 2.45) is 0 Å². The molecule has 1 aromatic rings. The van der Waals surface area contributed by atoms with Crippen molar-refractivity contribution in [2.45, 2.75) is 45.8 Å². The van der Waals surface area contributed by atoms with Gasteiger partial charge in [0.25, 0.3) is 0 Å². The lowest BCUT2D eigenvalue weighted by Crippen LogP contribution is -2.41. The average molecular weight is 277 g/mol. The summed E-state index contributed by atoms with van der Waals surface area (Å²) in [5.41, 5.74) is 3.47. The predicted octanol–water partition coefficient (Wildman–Crippen LogP) is 2.84. The number of hydrogen-bond donors (Lipinski definition) is 1. The summed E-state index contributed by atoms with van der Waals surface area (Å²) in [5, 5.41) is 10.5. The van der Waals surface area contributed by atoms with E-state index in [1.807, 2.05) is 6.92 Å². The van der Waals surface area contributed by atoms with Gasteiger partial charge in [0.05, 0.1) is 12.2 Å². The van der Waals surface area contributed by atoms with Gasteiger partial charge in [-0.05, 0) is 51.3 Å². The summed E-state index contributed by atoms with van der Waals surface area (Å²) in [5.74, 6) is 0. The Morgan fingerprint density at radius 2 is 2.20 bits per heavy atom. The number of ether oxygens (including phenoxy) is 1. The van der Waals surface area contributed by atoms with E-state index in [4.69, 9.17) is 4.74 Å². The standard InChI is InChI=1S/C17H27NO2/c1-4-20-15-6-5-9-18(11-15)12-17(19)16-8-7-13(2)10-14(16)3/h7-8,10,15,17,19H,4-6,9,11-12H2,1-3H3. The van der Waals surface area contributed by atoms with Crippen molar-refractivity contribution in [3.8, 4) is 0 Å². The number of hydrogen-bond acceptors (Lipinski definition) is 3. The fraction of sp³-hybridized carbons (Fsp3) is 0.647. The summed E-state index contributed by atoms with van der Waals surface area (Å²) in [4.78, 5) is 2.33. The third kappa shape index (κ3) is 4.05. The van der Waals surface area contributed by atoms with E-state index < -0.39 is 6.10 Å². The number of likely N-dealkylation sites (tertiary alicyclic amines) is 1. The molecule has 2 atom stereocenters. The molecule has 1 aromatic carbocycles. The highest BCUT2D eigenvalue weighted by molar-refractivity contribution is 5.32.